The Bertz CT molecular complexity index is 481. The molecule has 1 N–H and O–H groups in total. The van der Waals surface area contributed by atoms with Crippen LogP contribution in [0.25, 0.3) is 0 Å². The minimum Gasteiger partial charge on any atom is -0.480 e. The lowest BCUT2D eigenvalue weighted by Crippen LogP contribution is -2.53. The first-order valence-electron chi connectivity index (χ1n) is 6.30. The van der Waals surface area contributed by atoms with Crippen LogP contribution in [0.5, 0.6) is 0 Å². The number of carboxylic acid groups (broad SMARTS) is 1. The van der Waals surface area contributed by atoms with E-state index in [4.69, 9.17) is 9.84 Å². The summed E-state index contributed by atoms with van der Waals surface area (Å²) in [6, 6.07) is 2.76. The second-order valence-electron chi connectivity index (χ2n) is 4.82. The highest BCUT2D eigenvalue weighted by Gasteiger charge is 2.34. The minimum atomic E-state index is -1.03. The van der Waals surface area contributed by atoms with Crippen LogP contribution >= 0.6 is 0 Å². The summed E-state index contributed by atoms with van der Waals surface area (Å²) in [5, 5.41) is 9.15. The average Bonchev–Trinajstić information content (AvgIpc) is 2.87. The minimum absolute atomic E-state index is 0.0451. The van der Waals surface area contributed by atoms with E-state index in [0.717, 1.165) is 0 Å². The van der Waals surface area contributed by atoms with Gasteiger partial charge in [-0.1, -0.05) is 0 Å². The Hall–Kier alpha value is -1.82. The molecule has 1 fully saturated rings. The number of carbonyl (C=O) groups excluding carboxylic acids is 1. The number of rotatable bonds is 3. The van der Waals surface area contributed by atoms with E-state index in [-0.39, 0.29) is 18.6 Å². The number of ether oxygens (including phenoxy) is 1. The van der Waals surface area contributed by atoms with Crippen LogP contribution in [-0.2, 0) is 9.53 Å². The molecule has 0 radical (unpaired) electrons. The molecule has 2 rings (SSSR count). The Balaban J connectivity index is 2.26. The number of morpholine rings is 1. The van der Waals surface area contributed by atoms with Gasteiger partial charge in [0, 0.05) is 18.8 Å². The molecule has 0 aliphatic carbocycles. The lowest BCUT2D eigenvalue weighted by molar-refractivity contribution is -0.147. The fourth-order valence-electron chi connectivity index (χ4n) is 2.22. The van der Waals surface area contributed by atoms with E-state index in [9.17, 15) is 9.59 Å². The first-order valence-corrected chi connectivity index (χ1v) is 6.30. The standard InChI is InChI=1S/C13H18N2O4/c1-9(2)14-5-3-4-10(14)12(16)15-6-7-19-8-11(15)13(17)18/h3-5,9,11H,6-8H2,1-2H3,(H,17,18). The highest BCUT2D eigenvalue weighted by atomic mass is 16.5. The number of aliphatic carboxylic acids is 1. The smallest absolute Gasteiger partial charge is 0.328 e. The van der Waals surface area contributed by atoms with Gasteiger partial charge in [0.25, 0.3) is 5.91 Å². The number of nitrogens with zero attached hydrogens (tertiary/aromatic N) is 2. The van der Waals surface area contributed by atoms with Crippen molar-refractivity contribution >= 4 is 11.9 Å². The summed E-state index contributed by atoms with van der Waals surface area (Å²) < 4.78 is 6.98. The Morgan fingerprint density at radius 1 is 1.47 bits per heavy atom. The van der Waals surface area contributed by atoms with Crippen molar-refractivity contribution in [3.8, 4) is 0 Å². The van der Waals surface area contributed by atoms with E-state index in [1.807, 2.05) is 24.6 Å². The molecule has 1 amide bonds. The molecule has 2 heterocycles. The molecule has 1 aromatic heterocycles. The summed E-state index contributed by atoms with van der Waals surface area (Å²) in [4.78, 5) is 25.0. The predicted octanol–water partition coefficient (Wildman–Crippen LogP) is 0.995. The number of carboxylic acids is 1. The molecule has 1 aromatic rings. The molecule has 104 valence electrons. The van der Waals surface area contributed by atoms with Gasteiger partial charge < -0.3 is 19.3 Å². The van der Waals surface area contributed by atoms with Gasteiger partial charge in [0.05, 0.1) is 13.2 Å². The molecule has 0 aromatic carbocycles. The van der Waals surface area contributed by atoms with Gasteiger partial charge >= 0.3 is 5.97 Å². The molecule has 0 bridgehead atoms. The maximum Gasteiger partial charge on any atom is 0.328 e. The average molecular weight is 266 g/mol. The summed E-state index contributed by atoms with van der Waals surface area (Å²) in [6.45, 7) is 4.68. The fourth-order valence-corrected chi connectivity index (χ4v) is 2.22. The van der Waals surface area contributed by atoms with Crippen LogP contribution in [0.4, 0.5) is 0 Å². The first kappa shape index (κ1) is 13.6. The van der Waals surface area contributed by atoms with Crippen LogP contribution in [0, 0.1) is 0 Å². The van der Waals surface area contributed by atoms with Crippen molar-refractivity contribution in [1.29, 1.82) is 0 Å². The van der Waals surface area contributed by atoms with Gasteiger partial charge in [0.1, 0.15) is 5.69 Å². The Morgan fingerprint density at radius 3 is 2.84 bits per heavy atom. The summed E-state index contributed by atoms with van der Waals surface area (Å²) in [6.07, 6.45) is 1.83. The molecule has 1 aliphatic heterocycles. The van der Waals surface area contributed by atoms with Crippen LogP contribution in [0.1, 0.15) is 30.4 Å². The van der Waals surface area contributed by atoms with Crippen LogP contribution in [0.15, 0.2) is 18.3 Å². The number of aromatic nitrogens is 1. The van der Waals surface area contributed by atoms with Crippen LogP contribution in [0.2, 0.25) is 0 Å². The molecule has 6 nitrogen and oxygen atoms in total. The largest absolute Gasteiger partial charge is 0.480 e. The van der Waals surface area contributed by atoms with Crippen molar-refractivity contribution in [2.45, 2.75) is 25.9 Å². The maximum atomic E-state index is 12.5. The Kier molecular flexibility index (Phi) is 3.90. The molecule has 1 unspecified atom stereocenters. The number of hydrogen-bond donors (Lipinski definition) is 1. The fraction of sp³-hybridized carbons (Fsp3) is 0.538. The monoisotopic (exact) mass is 266 g/mol. The van der Waals surface area contributed by atoms with Gasteiger partial charge in [-0.25, -0.2) is 4.79 Å². The Morgan fingerprint density at radius 2 is 2.21 bits per heavy atom. The molecule has 6 heteroatoms. The van der Waals surface area contributed by atoms with Crippen molar-refractivity contribution in [1.82, 2.24) is 9.47 Å². The summed E-state index contributed by atoms with van der Waals surface area (Å²) in [7, 11) is 0. The van der Waals surface area contributed by atoms with E-state index in [1.165, 1.54) is 4.90 Å². The van der Waals surface area contributed by atoms with Crippen LogP contribution in [-0.4, -0.2) is 52.3 Å². The molecule has 0 spiro atoms. The van der Waals surface area contributed by atoms with Crippen LogP contribution in [0.3, 0.4) is 0 Å². The van der Waals surface area contributed by atoms with E-state index >= 15 is 0 Å². The summed E-state index contributed by atoms with van der Waals surface area (Å²) in [5.41, 5.74) is 0.517. The third kappa shape index (κ3) is 2.63. The topological polar surface area (TPSA) is 71.8 Å². The molecule has 19 heavy (non-hydrogen) atoms. The van der Waals surface area contributed by atoms with Gasteiger partial charge in [-0.15, -0.1) is 0 Å². The quantitative estimate of drug-likeness (QED) is 0.885. The highest BCUT2D eigenvalue weighted by molar-refractivity contribution is 5.95. The molecule has 0 saturated carbocycles. The summed E-state index contributed by atoms with van der Waals surface area (Å²) in [5.74, 6) is -1.29. The van der Waals surface area contributed by atoms with E-state index in [1.54, 1.807) is 12.1 Å². The van der Waals surface area contributed by atoms with Crippen molar-refractivity contribution in [2.75, 3.05) is 19.8 Å². The summed E-state index contributed by atoms with van der Waals surface area (Å²) >= 11 is 0. The van der Waals surface area contributed by atoms with E-state index in [2.05, 4.69) is 0 Å². The molecule has 1 aliphatic rings. The zero-order valence-corrected chi connectivity index (χ0v) is 11.1. The number of carbonyl (C=O) groups is 2. The predicted molar refractivity (Wildman–Crippen MR) is 68.1 cm³/mol. The maximum absolute atomic E-state index is 12.5. The zero-order valence-electron chi connectivity index (χ0n) is 11.1. The number of hydrogen-bond acceptors (Lipinski definition) is 3. The molecule has 1 saturated heterocycles. The van der Waals surface area contributed by atoms with Crippen molar-refractivity contribution in [3.63, 3.8) is 0 Å². The van der Waals surface area contributed by atoms with Gasteiger partial charge in [-0.05, 0) is 26.0 Å². The lowest BCUT2D eigenvalue weighted by Gasteiger charge is -2.33. The van der Waals surface area contributed by atoms with Gasteiger partial charge in [-0.2, -0.15) is 0 Å². The second kappa shape index (κ2) is 5.44. The van der Waals surface area contributed by atoms with Crippen molar-refractivity contribution < 1.29 is 19.4 Å². The van der Waals surface area contributed by atoms with Gasteiger partial charge in [0.2, 0.25) is 0 Å². The normalized spacial score (nSPS) is 19.7. The SMILES string of the molecule is CC(C)n1cccc1C(=O)N1CCOCC1C(=O)O. The van der Waals surface area contributed by atoms with Gasteiger partial charge in [-0.3, -0.25) is 4.79 Å². The zero-order chi connectivity index (χ0) is 14.0. The van der Waals surface area contributed by atoms with Crippen LogP contribution < -0.4 is 0 Å². The number of amides is 1. The van der Waals surface area contributed by atoms with Gasteiger partial charge in [0.15, 0.2) is 6.04 Å². The molecule has 1 atom stereocenters. The third-order valence-corrected chi connectivity index (χ3v) is 3.23. The molecular formula is C13H18N2O4. The second-order valence-corrected chi connectivity index (χ2v) is 4.82. The van der Waals surface area contributed by atoms with E-state index in [0.29, 0.717) is 18.8 Å². The first-order chi connectivity index (χ1) is 9.02. The highest BCUT2D eigenvalue weighted by Crippen LogP contribution is 2.16. The Labute approximate surface area is 111 Å². The third-order valence-electron chi connectivity index (χ3n) is 3.23. The van der Waals surface area contributed by atoms with Crippen molar-refractivity contribution in [3.05, 3.63) is 24.0 Å². The lowest BCUT2D eigenvalue weighted by atomic mass is 10.2. The molecular weight excluding hydrogens is 248 g/mol. The van der Waals surface area contributed by atoms with E-state index < -0.39 is 12.0 Å². The van der Waals surface area contributed by atoms with Crippen molar-refractivity contribution in [2.24, 2.45) is 0 Å².